The number of hydrogen-bond acceptors (Lipinski definition) is 4. The highest BCUT2D eigenvalue weighted by Gasteiger charge is 2.41. The van der Waals surface area contributed by atoms with Gasteiger partial charge in [-0.3, -0.25) is 14.7 Å². The maximum Gasteiger partial charge on any atom is 0.271 e. The van der Waals surface area contributed by atoms with Crippen LogP contribution in [0.25, 0.3) is 0 Å². The highest BCUT2D eigenvalue weighted by molar-refractivity contribution is 5.92. The van der Waals surface area contributed by atoms with Crippen LogP contribution in [0.2, 0.25) is 0 Å². The summed E-state index contributed by atoms with van der Waals surface area (Å²) in [7, 11) is 1.92. The zero-order valence-corrected chi connectivity index (χ0v) is 14.8. The Morgan fingerprint density at radius 2 is 2.24 bits per heavy atom. The molecule has 2 atom stereocenters. The van der Waals surface area contributed by atoms with Gasteiger partial charge in [0, 0.05) is 50.6 Å². The van der Waals surface area contributed by atoms with Gasteiger partial charge in [-0.1, -0.05) is 6.92 Å². The van der Waals surface area contributed by atoms with Gasteiger partial charge >= 0.3 is 0 Å². The van der Waals surface area contributed by atoms with Gasteiger partial charge in [0.25, 0.3) is 5.91 Å². The average Bonchev–Trinajstić information content (AvgIpc) is 3.30. The van der Waals surface area contributed by atoms with Crippen molar-refractivity contribution < 1.29 is 9.59 Å². The molecule has 8 heteroatoms. The molecule has 2 N–H and O–H groups in total. The van der Waals surface area contributed by atoms with Gasteiger partial charge in [-0.25, -0.2) is 4.98 Å². The number of rotatable bonds is 6. The third kappa shape index (κ3) is 3.29. The molecule has 25 heavy (non-hydrogen) atoms. The summed E-state index contributed by atoms with van der Waals surface area (Å²) in [5.74, 6) is 0.710. The molecule has 1 fully saturated rings. The Bertz CT molecular complexity index is 765. The molecule has 134 valence electrons. The van der Waals surface area contributed by atoms with E-state index < -0.39 is 0 Å². The summed E-state index contributed by atoms with van der Waals surface area (Å²) >= 11 is 0. The summed E-state index contributed by atoms with van der Waals surface area (Å²) in [6, 6.07) is 1.63. The zero-order valence-electron chi connectivity index (χ0n) is 14.8. The lowest BCUT2D eigenvalue weighted by molar-refractivity contribution is -0.128. The molecule has 0 saturated carbocycles. The fourth-order valence-corrected chi connectivity index (χ4v) is 3.41. The topological polar surface area (TPSA) is 95.9 Å². The van der Waals surface area contributed by atoms with Gasteiger partial charge in [-0.15, -0.1) is 0 Å². The first kappa shape index (κ1) is 17.2. The Morgan fingerprint density at radius 3 is 2.84 bits per heavy atom. The lowest BCUT2D eigenvalue weighted by atomic mass is 9.99. The van der Waals surface area contributed by atoms with Crippen molar-refractivity contribution in [3.8, 4) is 0 Å². The van der Waals surface area contributed by atoms with E-state index in [1.54, 1.807) is 12.3 Å². The van der Waals surface area contributed by atoms with Crippen LogP contribution in [0, 0.1) is 5.92 Å². The fraction of sp³-hybridized carbons (Fsp3) is 0.529. The molecule has 3 rings (SSSR count). The van der Waals surface area contributed by atoms with E-state index in [9.17, 15) is 9.59 Å². The first-order valence-electron chi connectivity index (χ1n) is 8.64. The number of aromatic nitrogens is 4. The minimum atomic E-state index is -0.225. The number of H-pyrrole nitrogens is 1. The molecule has 0 aliphatic carbocycles. The molecule has 1 aliphatic heterocycles. The summed E-state index contributed by atoms with van der Waals surface area (Å²) in [4.78, 5) is 30.9. The van der Waals surface area contributed by atoms with Crippen molar-refractivity contribution in [3.05, 3.63) is 35.7 Å². The molecular formula is C17H24N6O2. The van der Waals surface area contributed by atoms with Crippen molar-refractivity contribution in [1.82, 2.24) is 30.0 Å². The molecule has 0 spiro atoms. The third-order valence-corrected chi connectivity index (χ3v) is 4.77. The number of nitrogens with one attached hydrogen (secondary N) is 2. The molecular weight excluding hydrogens is 320 g/mol. The summed E-state index contributed by atoms with van der Waals surface area (Å²) in [5, 5.41) is 9.79. The van der Waals surface area contributed by atoms with Gasteiger partial charge < -0.3 is 14.8 Å². The molecule has 8 nitrogen and oxygen atoms in total. The second-order valence-electron chi connectivity index (χ2n) is 6.33. The van der Waals surface area contributed by atoms with Gasteiger partial charge in [0.15, 0.2) is 0 Å². The maximum absolute atomic E-state index is 12.3. The number of aryl methyl sites for hydroxylation is 2. The van der Waals surface area contributed by atoms with E-state index in [0.29, 0.717) is 25.2 Å². The SMILES string of the molecule is CCc1cc(C(=O)NC[C@@H]2CC(=O)N(CC)[C@H]2c2nccn2C)n[nH]1. The van der Waals surface area contributed by atoms with Gasteiger partial charge in [0.1, 0.15) is 11.5 Å². The first-order chi connectivity index (χ1) is 12.0. The van der Waals surface area contributed by atoms with Crippen molar-refractivity contribution in [2.45, 2.75) is 32.7 Å². The number of hydrogen-bond donors (Lipinski definition) is 2. The molecule has 0 unspecified atom stereocenters. The quantitative estimate of drug-likeness (QED) is 0.818. The predicted molar refractivity (Wildman–Crippen MR) is 91.7 cm³/mol. The van der Waals surface area contributed by atoms with E-state index in [4.69, 9.17) is 0 Å². The Labute approximate surface area is 146 Å². The summed E-state index contributed by atoms with van der Waals surface area (Å²) in [6.07, 6.45) is 4.81. The fourth-order valence-electron chi connectivity index (χ4n) is 3.41. The van der Waals surface area contributed by atoms with Crippen molar-refractivity contribution in [2.24, 2.45) is 13.0 Å². The van der Waals surface area contributed by atoms with Crippen molar-refractivity contribution >= 4 is 11.8 Å². The largest absolute Gasteiger partial charge is 0.350 e. The van der Waals surface area contributed by atoms with Crippen molar-refractivity contribution in [3.63, 3.8) is 0 Å². The van der Waals surface area contributed by atoms with Crippen LogP contribution in [0.1, 0.15) is 48.3 Å². The van der Waals surface area contributed by atoms with E-state index in [-0.39, 0.29) is 23.8 Å². The molecule has 0 bridgehead atoms. The molecule has 1 saturated heterocycles. The highest BCUT2D eigenvalue weighted by Crippen LogP contribution is 2.36. The first-order valence-corrected chi connectivity index (χ1v) is 8.64. The number of amides is 2. The molecule has 0 radical (unpaired) electrons. The lowest BCUT2D eigenvalue weighted by Crippen LogP contribution is -2.35. The van der Waals surface area contributed by atoms with E-state index in [1.807, 2.05) is 36.6 Å². The second-order valence-corrected chi connectivity index (χ2v) is 6.33. The molecule has 2 amide bonds. The zero-order chi connectivity index (χ0) is 18.0. The minimum absolute atomic E-state index is 0.0120. The van der Waals surface area contributed by atoms with Gasteiger partial charge in [-0.05, 0) is 19.4 Å². The van der Waals surface area contributed by atoms with Crippen LogP contribution in [-0.2, 0) is 18.3 Å². The molecule has 0 aromatic carbocycles. The minimum Gasteiger partial charge on any atom is -0.350 e. The summed E-state index contributed by atoms with van der Waals surface area (Å²) in [5.41, 5.74) is 1.30. The Kier molecular flexibility index (Phi) is 4.87. The molecule has 2 aromatic rings. The standard InChI is InChI=1S/C17H24N6O2/c1-4-12-9-13(21-20-12)17(25)19-10-11-8-14(24)23(5-2)15(11)16-18-6-7-22(16)3/h6-7,9,11,15H,4-5,8,10H2,1-3H3,(H,19,25)(H,20,21)/t11-,15+/m0/s1. The van der Waals surface area contributed by atoms with Crippen molar-refractivity contribution in [1.29, 1.82) is 0 Å². The van der Waals surface area contributed by atoms with Crippen LogP contribution >= 0.6 is 0 Å². The normalized spacial score (nSPS) is 20.3. The van der Waals surface area contributed by atoms with Gasteiger partial charge in [0.05, 0.1) is 6.04 Å². The monoisotopic (exact) mass is 344 g/mol. The smallest absolute Gasteiger partial charge is 0.271 e. The van der Waals surface area contributed by atoms with Crippen LogP contribution in [-0.4, -0.2) is 49.6 Å². The molecule has 2 aromatic heterocycles. The number of nitrogens with zero attached hydrogens (tertiary/aromatic N) is 4. The number of imidazole rings is 1. The Balaban J connectivity index is 1.72. The number of aromatic amines is 1. The second kappa shape index (κ2) is 7.08. The molecule has 3 heterocycles. The predicted octanol–water partition coefficient (Wildman–Crippen LogP) is 1.05. The number of carbonyl (C=O) groups is 2. The van der Waals surface area contributed by atoms with Crippen LogP contribution in [0.3, 0.4) is 0 Å². The average molecular weight is 344 g/mol. The van der Waals surface area contributed by atoms with Gasteiger partial charge in [0.2, 0.25) is 5.91 Å². The number of carbonyl (C=O) groups excluding carboxylic acids is 2. The van der Waals surface area contributed by atoms with E-state index in [2.05, 4.69) is 20.5 Å². The number of likely N-dealkylation sites (tertiary alicyclic amines) is 1. The summed E-state index contributed by atoms with van der Waals surface area (Å²) < 4.78 is 1.93. The third-order valence-electron chi connectivity index (χ3n) is 4.77. The Morgan fingerprint density at radius 1 is 1.44 bits per heavy atom. The van der Waals surface area contributed by atoms with Crippen LogP contribution in [0.15, 0.2) is 18.5 Å². The van der Waals surface area contributed by atoms with E-state index in [0.717, 1.165) is 17.9 Å². The van der Waals surface area contributed by atoms with Crippen molar-refractivity contribution in [2.75, 3.05) is 13.1 Å². The van der Waals surface area contributed by atoms with Crippen LogP contribution < -0.4 is 5.32 Å². The van der Waals surface area contributed by atoms with Crippen LogP contribution in [0.4, 0.5) is 0 Å². The summed E-state index contributed by atoms with van der Waals surface area (Å²) in [6.45, 7) is 4.99. The highest BCUT2D eigenvalue weighted by atomic mass is 16.2. The van der Waals surface area contributed by atoms with Crippen LogP contribution in [0.5, 0.6) is 0 Å². The molecule has 1 aliphatic rings. The Hall–Kier alpha value is -2.64. The van der Waals surface area contributed by atoms with E-state index in [1.165, 1.54) is 0 Å². The van der Waals surface area contributed by atoms with Gasteiger partial charge in [-0.2, -0.15) is 5.10 Å². The van der Waals surface area contributed by atoms with E-state index >= 15 is 0 Å². The maximum atomic E-state index is 12.3. The lowest BCUT2D eigenvalue weighted by Gasteiger charge is -2.26.